The van der Waals surface area contributed by atoms with Gasteiger partial charge in [-0.2, -0.15) is 0 Å². The molecule has 0 fully saturated rings. The van der Waals surface area contributed by atoms with Gasteiger partial charge in [-0.05, 0) is 36.2 Å². The molecule has 0 bridgehead atoms. The normalized spacial score (nSPS) is 12.0. The number of anilines is 1. The van der Waals surface area contributed by atoms with E-state index in [1.807, 2.05) is 12.1 Å². The summed E-state index contributed by atoms with van der Waals surface area (Å²) in [5.41, 5.74) is 2.09. The first-order chi connectivity index (χ1) is 11.7. The van der Waals surface area contributed by atoms with Gasteiger partial charge in [0.2, 0.25) is 10.0 Å². The molecule has 0 saturated heterocycles. The standard InChI is InChI=1S/C16H16ClN3O4S/c1-25(23,24)19-14-6-2-12(3-7-14)10-11-18-16(17)13-4-8-15(9-5-13)20(21)22/h2-9,19H,10-11H2,1H3/b18-16-. The Hall–Kier alpha value is -2.45. The molecule has 1 N–H and O–H groups in total. The number of rotatable bonds is 7. The van der Waals surface area contributed by atoms with Gasteiger partial charge in [0.1, 0.15) is 5.17 Å². The van der Waals surface area contributed by atoms with Gasteiger partial charge in [0.05, 0.1) is 11.2 Å². The van der Waals surface area contributed by atoms with Crippen molar-refractivity contribution >= 4 is 38.2 Å². The van der Waals surface area contributed by atoms with E-state index in [2.05, 4.69) is 9.71 Å². The van der Waals surface area contributed by atoms with Gasteiger partial charge in [0, 0.05) is 29.9 Å². The number of hydrogen-bond acceptors (Lipinski definition) is 5. The Morgan fingerprint density at radius 3 is 2.28 bits per heavy atom. The number of nitrogens with zero attached hydrogens (tertiary/aromatic N) is 2. The van der Waals surface area contributed by atoms with E-state index in [0.717, 1.165) is 11.8 Å². The van der Waals surface area contributed by atoms with E-state index in [1.165, 1.54) is 12.1 Å². The molecular weight excluding hydrogens is 366 g/mol. The van der Waals surface area contributed by atoms with E-state index >= 15 is 0 Å². The van der Waals surface area contributed by atoms with Gasteiger partial charge < -0.3 is 0 Å². The molecule has 0 spiro atoms. The van der Waals surface area contributed by atoms with Crippen molar-refractivity contribution in [1.29, 1.82) is 0 Å². The van der Waals surface area contributed by atoms with E-state index in [4.69, 9.17) is 11.6 Å². The van der Waals surface area contributed by atoms with Gasteiger partial charge in [-0.1, -0.05) is 23.7 Å². The zero-order valence-electron chi connectivity index (χ0n) is 13.3. The van der Waals surface area contributed by atoms with Crippen molar-refractivity contribution in [3.63, 3.8) is 0 Å². The highest BCUT2D eigenvalue weighted by atomic mass is 35.5. The van der Waals surface area contributed by atoms with E-state index < -0.39 is 14.9 Å². The summed E-state index contributed by atoms with van der Waals surface area (Å²) in [7, 11) is -3.29. The maximum absolute atomic E-state index is 11.1. The van der Waals surface area contributed by atoms with Crippen molar-refractivity contribution in [2.75, 3.05) is 17.5 Å². The van der Waals surface area contributed by atoms with E-state index in [9.17, 15) is 18.5 Å². The molecule has 0 radical (unpaired) electrons. The molecule has 0 amide bonds. The third-order valence-corrected chi connectivity index (χ3v) is 4.17. The molecule has 0 atom stereocenters. The summed E-state index contributed by atoms with van der Waals surface area (Å²) in [5.74, 6) is 0. The van der Waals surface area contributed by atoms with Gasteiger partial charge in [0.25, 0.3) is 5.69 Å². The highest BCUT2D eigenvalue weighted by molar-refractivity contribution is 7.92. The maximum Gasteiger partial charge on any atom is 0.269 e. The van der Waals surface area contributed by atoms with Gasteiger partial charge in [-0.25, -0.2) is 8.42 Å². The van der Waals surface area contributed by atoms with Gasteiger partial charge >= 0.3 is 0 Å². The highest BCUT2D eigenvalue weighted by Crippen LogP contribution is 2.15. The number of nitro groups is 1. The Bertz CT molecular complexity index is 879. The predicted molar refractivity (Wildman–Crippen MR) is 99.0 cm³/mol. The lowest BCUT2D eigenvalue weighted by molar-refractivity contribution is -0.384. The summed E-state index contributed by atoms with van der Waals surface area (Å²) in [6, 6.07) is 12.8. The maximum atomic E-state index is 11.1. The van der Waals surface area contributed by atoms with Crippen LogP contribution in [0.15, 0.2) is 53.5 Å². The second-order valence-corrected chi connectivity index (χ2v) is 7.40. The molecule has 2 aromatic rings. The van der Waals surface area contributed by atoms with E-state index in [-0.39, 0.29) is 10.9 Å². The lowest BCUT2D eigenvalue weighted by Gasteiger charge is -2.05. The quantitative estimate of drug-likeness (QED) is 0.452. The first-order valence-corrected chi connectivity index (χ1v) is 9.53. The van der Waals surface area contributed by atoms with Crippen molar-refractivity contribution in [3.05, 3.63) is 69.8 Å². The Labute approximate surface area is 150 Å². The summed E-state index contributed by atoms with van der Waals surface area (Å²) < 4.78 is 24.7. The van der Waals surface area contributed by atoms with Gasteiger partial charge in [-0.15, -0.1) is 0 Å². The van der Waals surface area contributed by atoms with Crippen LogP contribution in [0, 0.1) is 10.1 Å². The number of halogens is 1. The summed E-state index contributed by atoms with van der Waals surface area (Å²) in [5, 5.41) is 10.9. The first kappa shape index (κ1) is 18.9. The molecule has 9 heteroatoms. The number of non-ortho nitro benzene ring substituents is 1. The number of nitrogens with one attached hydrogen (secondary N) is 1. The zero-order valence-corrected chi connectivity index (χ0v) is 14.9. The number of aliphatic imine (C=N–C) groups is 1. The number of sulfonamides is 1. The SMILES string of the molecule is CS(=O)(=O)Nc1ccc(CC/N=C(\Cl)c2ccc([N+](=O)[O-])cc2)cc1. The minimum Gasteiger partial charge on any atom is -0.284 e. The monoisotopic (exact) mass is 381 g/mol. The van der Waals surface area contributed by atoms with Crippen molar-refractivity contribution < 1.29 is 13.3 Å². The van der Waals surface area contributed by atoms with E-state index in [0.29, 0.717) is 24.2 Å². The topological polar surface area (TPSA) is 102 Å². The Morgan fingerprint density at radius 1 is 1.16 bits per heavy atom. The highest BCUT2D eigenvalue weighted by Gasteiger charge is 2.06. The summed E-state index contributed by atoms with van der Waals surface area (Å²) in [4.78, 5) is 14.4. The molecule has 132 valence electrons. The van der Waals surface area contributed by atoms with Crippen LogP contribution in [0.25, 0.3) is 0 Å². The third-order valence-electron chi connectivity index (χ3n) is 3.22. The van der Waals surface area contributed by atoms with Crippen molar-refractivity contribution in [1.82, 2.24) is 0 Å². The smallest absolute Gasteiger partial charge is 0.269 e. The van der Waals surface area contributed by atoms with Gasteiger partial charge in [0.15, 0.2) is 0 Å². The zero-order chi connectivity index (χ0) is 18.4. The van der Waals surface area contributed by atoms with Crippen LogP contribution in [-0.2, 0) is 16.4 Å². The molecule has 25 heavy (non-hydrogen) atoms. The fraction of sp³-hybridized carbons (Fsp3) is 0.188. The lowest BCUT2D eigenvalue weighted by Crippen LogP contribution is -2.09. The summed E-state index contributed by atoms with van der Waals surface area (Å²) >= 11 is 6.11. The van der Waals surface area contributed by atoms with Crippen LogP contribution < -0.4 is 4.72 Å². The van der Waals surface area contributed by atoms with Crippen LogP contribution in [0.5, 0.6) is 0 Å². The minimum atomic E-state index is -3.29. The van der Waals surface area contributed by atoms with Crippen LogP contribution in [0.1, 0.15) is 11.1 Å². The average Bonchev–Trinajstić information content (AvgIpc) is 2.55. The molecule has 0 aliphatic rings. The molecule has 2 aromatic carbocycles. The molecule has 0 saturated carbocycles. The predicted octanol–water partition coefficient (Wildman–Crippen LogP) is 3.19. The van der Waals surface area contributed by atoms with Crippen LogP contribution in [0.2, 0.25) is 0 Å². The second kappa shape index (κ2) is 8.09. The lowest BCUT2D eigenvalue weighted by atomic mass is 10.1. The largest absolute Gasteiger partial charge is 0.284 e. The molecule has 2 rings (SSSR count). The fourth-order valence-corrected chi connectivity index (χ4v) is 2.82. The average molecular weight is 382 g/mol. The summed E-state index contributed by atoms with van der Waals surface area (Å²) in [6.07, 6.45) is 1.72. The molecular formula is C16H16ClN3O4S. The second-order valence-electron chi connectivity index (χ2n) is 5.30. The van der Waals surface area contributed by atoms with Crippen LogP contribution in [0.4, 0.5) is 11.4 Å². The minimum absolute atomic E-state index is 0.00369. The number of benzene rings is 2. The Balaban J connectivity index is 1.94. The fourth-order valence-electron chi connectivity index (χ4n) is 2.05. The Morgan fingerprint density at radius 2 is 1.76 bits per heavy atom. The van der Waals surface area contributed by atoms with Crippen molar-refractivity contribution in [2.45, 2.75) is 6.42 Å². The molecule has 0 heterocycles. The van der Waals surface area contributed by atoms with Crippen molar-refractivity contribution in [2.24, 2.45) is 4.99 Å². The Kier molecular flexibility index (Phi) is 6.11. The van der Waals surface area contributed by atoms with E-state index in [1.54, 1.807) is 24.3 Å². The van der Waals surface area contributed by atoms with Gasteiger partial charge in [-0.3, -0.25) is 19.8 Å². The van der Waals surface area contributed by atoms with Crippen molar-refractivity contribution in [3.8, 4) is 0 Å². The molecule has 0 aliphatic heterocycles. The molecule has 0 unspecified atom stereocenters. The number of hydrogen-bond donors (Lipinski definition) is 1. The van der Waals surface area contributed by atoms with Crippen LogP contribution >= 0.6 is 11.6 Å². The van der Waals surface area contributed by atoms with Crippen LogP contribution in [-0.4, -0.2) is 31.3 Å². The molecule has 0 aliphatic carbocycles. The van der Waals surface area contributed by atoms with Crippen LogP contribution in [0.3, 0.4) is 0 Å². The first-order valence-electron chi connectivity index (χ1n) is 7.26. The third kappa shape index (κ3) is 6.17. The number of nitro benzene ring substituents is 1. The molecule has 0 aromatic heterocycles. The summed E-state index contributed by atoms with van der Waals surface area (Å²) in [6.45, 7) is 0.439. The molecule has 7 nitrogen and oxygen atoms in total.